The molecule has 110 valence electrons. The molecular formula is C18H32O. The Labute approximate surface area is 119 Å². The average molecular weight is 264 g/mol. The maximum atomic E-state index is 12.1. The van der Waals surface area contributed by atoms with E-state index >= 15 is 0 Å². The third kappa shape index (κ3) is 6.40. The van der Waals surface area contributed by atoms with E-state index in [1.165, 1.54) is 51.4 Å². The molecule has 1 aliphatic carbocycles. The molecule has 1 rings (SSSR count). The topological polar surface area (TPSA) is 17.1 Å². The average Bonchev–Trinajstić information content (AvgIpc) is 2.42. The summed E-state index contributed by atoms with van der Waals surface area (Å²) in [5.74, 6) is 1.54. The molecule has 0 aliphatic heterocycles. The Morgan fingerprint density at radius 3 is 2.63 bits per heavy atom. The van der Waals surface area contributed by atoms with Crippen LogP contribution in [0.25, 0.3) is 0 Å². The second-order valence-corrected chi connectivity index (χ2v) is 6.07. The molecule has 19 heavy (non-hydrogen) atoms. The minimum atomic E-state index is 0.336. The lowest BCUT2D eigenvalue weighted by Gasteiger charge is -2.29. The van der Waals surface area contributed by atoms with Gasteiger partial charge in [0.25, 0.3) is 0 Å². The first-order valence-corrected chi connectivity index (χ1v) is 8.47. The number of hydrogen-bond donors (Lipinski definition) is 0. The van der Waals surface area contributed by atoms with Crippen molar-refractivity contribution in [2.75, 3.05) is 0 Å². The zero-order chi connectivity index (χ0) is 13.9. The van der Waals surface area contributed by atoms with Crippen LogP contribution in [0.1, 0.15) is 84.5 Å². The summed E-state index contributed by atoms with van der Waals surface area (Å²) in [5.41, 5.74) is 0. The van der Waals surface area contributed by atoms with Gasteiger partial charge in [-0.1, -0.05) is 51.7 Å². The quantitative estimate of drug-likeness (QED) is 0.386. The number of Topliss-reactive ketones (excluding diaryl/α,β-unsaturated/α-hetero) is 1. The van der Waals surface area contributed by atoms with E-state index in [9.17, 15) is 4.79 Å². The predicted octanol–water partition coefficient (Wildman–Crippen LogP) is 5.69. The molecular weight excluding hydrogens is 232 g/mol. The monoisotopic (exact) mass is 264 g/mol. The van der Waals surface area contributed by atoms with E-state index in [4.69, 9.17) is 0 Å². The standard InChI is InChI=1S/C18H32O/c1-3-5-7-8-9-10-14-17-16(12-6-4-2)13-11-15-18(17)19/h9-10,16-17H,3-8,11-15H2,1-2H3/b10-9+. The second kappa shape index (κ2) is 10.2. The lowest BCUT2D eigenvalue weighted by atomic mass is 9.74. The Morgan fingerprint density at radius 2 is 1.89 bits per heavy atom. The molecule has 1 heteroatoms. The summed E-state index contributed by atoms with van der Waals surface area (Å²) in [7, 11) is 0. The van der Waals surface area contributed by atoms with Crippen LogP contribution < -0.4 is 0 Å². The summed E-state index contributed by atoms with van der Waals surface area (Å²) in [6.45, 7) is 4.48. The highest BCUT2D eigenvalue weighted by Gasteiger charge is 2.29. The lowest BCUT2D eigenvalue weighted by Crippen LogP contribution is -2.28. The van der Waals surface area contributed by atoms with Crippen LogP contribution in [0.15, 0.2) is 12.2 Å². The highest BCUT2D eigenvalue weighted by molar-refractivity contribution is 5.82. The van der Waals surface area contributed by atoms with Crippen LogP contribution in [0, 0.1) is 11.8 Å². The van der Waals surface area contributed by atoms with Crippen molar-refractivity contribution >= 4 is 5.78 Å². The Balaban J connectivity index is 2.34. The van der Waals surface area contributed by atoms with Crippen LogP contribution in [-0.4, -0.2) is 5.78 Å². The third-order valence-electron chi connectivity index (χ3n) is 4.44. The van der Waals surface area contributed by atoms with Gasteiger partial charge in [-0.05, 0) is 44.4 Å². The molecule has 0 aromatic heterocycles. The maximum absolute atomic E-state index is 12.1. The fourth-order valence-corrected chi connectivity index (χ4v) is 3.20. The van der Waals surface area contributed by atoms with Gasteiger partial charge in [0.15, 0.2) is 0 Å². The fourth-order valence-electron chi connectivity index (χ4n) is 3.20. The molecule has 0 radical (unpaired) electrons. The molecule has 0 amide bonds. The first-order valence-electron chi connectivity index (χ1n) is 8.47. The van der Waals surface area contributed by atoms with Crippen LogP contribution in [0.2, 0.25) is 0 Å². The number of hydrogen-bond acceptors (Lipinski definition) is 1. The smallest absolute Gasteiger partial charge is 0.136 e. The van der Waals surface area contributed by atoms with Gasteiger partial charge in [0, 0.05) is 12.3 Å². The van der Waals surface area contributed by atoms with Crippen LogP contribution >= 0.6 is 0 Å². The third-order valence-corrected chi connectivity index (χ3v) is 4.44. The molecule has 0 saturated heterocycles. The van der Waals surface area contributed by atoms with E-state index < -0.39 is 0 Å². The van der Waals surface area contributed by atoms with Gasteiger partial charge in [-0.15, -0.1) is 0 Å². The van der Waals surface area contributed by atoms with Crippen LogP contribution in [-0.2, 0) is 4.79 Å². The van der Waals surface area contributed by atoms with E-state index in [-0.39, 0.29) is 0 Å². The number of allylic oxidation sites excluding steroid dienone is 2. The Bertz CT molecular complexity index is 267. The van der Waals surface area contributed by atoms with Crippen LogP contribution in [0.5, 0.6) is 0 Å². The zero-order valence-corrected chi connectivity index (χ0v) is 13.0. The molecule has 1 aliphatic rings. The van der Waals surface area contributed by atoms with Crippen LogP contribution in [0.4, 0.5) is 0 Å². The van der Waals surface area contributed by atoms with Gasteiger partial charge in [-0.3, -0.25) is 4.79 Å². The molecule has 0 spiro atoms. The SMILES string of the molecule is CCCCC/C=C/CC1C(=O)CCCC1CCCC. The van der Waals surface area contributed by atoms with Gasteiger partial charge in [0.1, 0.15) is 5.78 Å². The number of ketones is 1. The second-order valence-electron chi connectivity index (χ2n) is 6.07. The van der Waals surface area contributed by atoms with Gasteiger partial charge < -0.3 is 0 Å². The van der Waals surface area contributed by atoms with Gasteiger partial charge >= 0.3 is 0 Å². The summed E-state index contributed by atoms with van der Waals surface area (Å²) in [4.78, 5) is 12.1. The van der Waals surface area contributed by atoms with Crippen molar-refractivity contribution in [3.8, 4) is 0 Å². The Hall–Kier alpha value is -0.590. The van der Waals surface area contributed by atoms with E-state index in [1.54, 1.807) is 0 Å². The highest BCUT2D eigenvalue weighted by atomic mass is 16.1. The van der Waals surface area contributed by atoms with Gasteiger partial charge in [0.2, 0.25) is 0 Å². The Kier molecular flexibility index (Phi) is 8.86. The number of carbonyl (C=O) groups excluding carboxylic acids is 1. The predicted molar refractivity (Wildman–Crippen MR) is 83.3 cm³/mol. The van der Waals surface area contributed by atoms with E-state index in [2.05, 4.69) is 26.0 Å². The molecule has 0 heterocycles. The molecule has 1 nitrogen and oxygen atoms in total. The molecule has 0 aromatic carbocycles. The largest absolute Gasteiger partial charge is 0.299 e. The summed E-state index contributed by atoms with van der Waals surface area (Å²) < 4.78 is 0. The van der Waals surface area contributed by atoms with Crippen molar-refractivity contribution in [2.45, 2.75) is 84.5 Å². The minimum absolute atomic E-state index is 0.336. The molecule has 0 aromatic rings. The van der Waals surface area contributed by atoms with Crippen molar-refractivity contribution in [3.63, 3.8) is 0 Å². The Morgan fingerprint density at radius 1 is 1.11 bits per heavy atom. The summed E-state index contributed by atoms with van der Waals surface area (Å²) >= 11 is 0. The fraction of sp³-hybridized carbons (Fsp3) is 0.833. The molecule has 1 saturated carbocycles. The molecule has 2 atom stereocenters. The number of unbranched alkanes of at least 4 members (excludes halogenated alkanes) is 4. The van der Waals surface area contributed by atoms with Gasteiger partial charge in [-0.25, -0.2) is 0 Å². The minimum Gasteiger partial charge on any atom is -0.299 e. The van der Waals surface area contributed by atoms with Gasteiger partial charge in [0.05, 0.1) is 0 Å². The van der Waals surface area contributed by atoms with E-state index in [0.717, 1.165) is 19.3 Å². The first-order chi connectivity index (χ1) is 9.29. The number of carbonyl (C=O) groups is 1. The molecule has 1 fully saturated rings. The first kappa shape index (κ1) is 16.5. The van der Waals surface area contributed by atoms with Crippen molar-refractivity contribution in [1.29, 1.82) is 0 Å². The van der Waals surface area contributed by atoms with E-state index in [0.29, 0.717) is 17.6 Å². The molecule has 0 N–H and O–H groups in total. The molecule has 0 bridgehead atoms. The zero-order valence-electron chi connectivity index (χ0n) is 13.0. The summed E-state index contributed by atoms with van der Waals surface area (Å²) in [5, 5.41) is 0. The number of rotatable bonds is 9. The van der Waals surface area contributed by atoms with Crippen molar-refractivity contribution < 1.29 is 4.79 Å². The summed E-state index contributed by atoms with van der Waals surface area (Å²) in [6.07, 6.45) is 17.7. The van der Waals surface area contributed by atoms with Crippen LogP contribution in [0.3, 0.4) is 0 Å². The maximum Gasteiger partial charge on any atom is 0.136 e. The van der Waals surface area contributed by atoms with Gasteiger partial charge in [-0.2, -0.15) is 0 Å². The van der Waals surface area contributed by atoms with Crippen molar-refractivity contribution in [2.24, 2.45) is 11.8 Å². The van der Waals surface area contributed by atoms with Crippen molar-refractivity contribution in [1.82, 2.24) is 0 Å². The lowest BCUT2D eigenvalue weighted by molar-refractivity contribution is -0.126. The van der Waals surface area contributed by atoms with Crippen molar-refractivity contribution in [3.05, 3.63) is 12.2 Å². The normalized spacial score (nSPS) is 24.2. The van der Waals surface area contributed by atoms with E-state index in [1.807, 2.05) is 0 Å². The highest BCUT2D eigenvalue weighted by Crippen LogP contribution is 2.33. The molecule has 2 unspecified atom stereocenters. The summed E-state index contributed by atoms with van der Waals surface area (Å²) in [6, 6.07) is 0.